The lowest BCUT2D eigenvalue weighted by Gasteiger charge is -2.35. The summed E-state index contributed by atoms with van der Waals surface area (Å²) in [5, 5.41) is 5.96. The van der Waals surface area contributed by atoms with E-state index in [1.54, 1.807) is 54.3 Å². The van der Waals surface area contributed by atoms with Crippen LogP contribution in [0.3, 0.4) is 0 Å². The lowest BCUT2D eigenvalue weighted by atomic mass is 10.1. The molecule has 0 saturated carbocycles. The number of halogens is 1. The van der Waals surface area contributed by atoms with Crippen molar-refractivity contribution in [3.8, 4) is 5.75 Å². The number of carbonyl (C=O) groups excluding carboxylic acids is 3. The molecule has 2 aromatic carbocycles. The molecule has 1 atom stereocenters. The highest BCUT2D eigenvalue weighted by Gasteiger charge is 2.34. The molecule has 1 unspecified atom stereocenters. The molecule has 8 nitrogen and oxygen atoms in total. The van der Waals surface area contributed by atoms with Crippen LogP contribution >= 0.6 is 11.6 Å². The molecule has 2 aliphatic heterocycles. The van der Waals surface area contributed by atoms with Gasteiger partial charge in [0, 0.05) is 29.5 Å². The number of piperidine rings is 1. The molecule has 9 heteroatoms. The number of rotatable bonds is 4. The van der Waals surface area contributed by atoms with Gasteiger partial charge in [0.15, 0.2) is 6.10 Å². The maximum atomic E-state index is 12.8. The lowest BCUT2D eigenvalue weighted by molar-refractivity contribution is -0.133. The Hall–Kier alpha value is -3.26. The predicted octanol–water partition coefficient (Wildman–Crippen LogP) is 4.11. The van der Waals surface area contributed by atoms with Crippen molar-refractivity contribution in [1.29, 1.82) is 0 Å². The molecule has 0 aliphatic carbocycles. The second kappa shape index (κ2) is 9.48. The molecule has 2 N–H and O–H groups in total. The van der Waals surface area contributed by atoms with Crippen LogP contribution in [0.2, 0.25) is 5.02 Å². The van der Waals surface area contributed by atoms with Crippen molar-refractivity contribution in [1.82, 2.24) is 4.90 Å². The van der Waals surface area contributed by atoms with E-state index in [9.17, 15) is 14.4 Å². The molecule has 0 bridgehead atoms. The first kappa shape index (κ1) is 22.0. The topological polar surface area (TPSA) is 91.0 Å². The van der Waals surface area contributed by atoms with Crippen molar-refractivity contribution in [3.05, 3.63) is 47.5 Å². The van der Waals surface area contributed by atoms with E-state index < -0.39 is 12.1 Å². The van der Waals surface area contributed by atoms with Gasteiger partial charge in [-0.2, -0.15) is 0 Å². The highest BCUT2D eigenvalue weighted by atomic mass is 35.5. The van der Waals surface area contributed by atoms with Gasteiger partial charge >= 0.3 is 6.03 Å². The molecule has 168 valence electrons. The largest absolute Gasteiger partial charge is 0.479 e. The summed E-state index contributed by atoms with van der Waals surface area (Å²) < 4.78 is 5.71. The number of anilines is 3. The number of amides is 4. The summed E-state index contributed by atoms with van der Waals surface area (Å²) in [6.07, 6.45) is 2.38. The lowest BCUT2D eigenvalue weighted by Crippen LogP contribution is -2.50. The minimum Gasteiger partial charge on any atom is -0.479 e. The van der Waals surface area contributed by atoms with Crippen LogP contribution in [0, 0.1) is 0 Å². The zero-order valence-corrected chi connectivity index (χ0v) is 18.5. The van der Waals surface area contributed by atoms with Gasteiger partial charge in [0.2, 0.25) is 5.91 Å². The highest BCUT2D eigenvalue weighted by molar-refractivity contribution is 6.30. The second-order valence-electron chi connectivity index (χ2n) is 7.90. The standard InChI is InChI=1S/C23H25ClN4O4/c1-15-22(30)28(14-21(29)27-10-3-2-4-11-27)19-13-18(8-9-20(19)32-15)26-23(31)25-17-7-5-6-16(24)12-17/h5-9,12-13,15H,2-4,10-11,14H2,1H3,(H2,25,26,31). The number of urea groups is 1. The van der Waals surface area contributed by atoms with Gasteiger partial charge in [-0.15, -0.1) is 0 Å². The predicted molar refractivity (Wildman–Crippen MR) is 123 cm³/mol. The number of ether oxygens (including phenoxy) is 1. The van der Waals surface area contributed by atoms with Crippen LogP contribution in [0.25, 0.3) is 0 Å². The van der Waals surface area contributed by atoms with E-state index in [-0.39, 0.29) is 18.4 Å². The molecule has 0 spiro atoms. The molecule has 0 radical (unpaired) electrons. The van der Waals surface area contributed by atoms with Crippen molar-refractivity contribution < 1.29 is 19.1 Å². The number of likely N-dealkylation sites (tertiary alicyclic amines) is 1. The molecule has 4 amide bonds. The van der Waals surface area contributed by atoms with Gasteiger partial charge in [0.05, 0.1) is 5.69 Å². The van der Waals surface area contributed by atoms with E-state index in [0.29, 0.717) is 40.9 Å². The van der Waals surface area contributed by atoms with Crippen LogP contribution in [-0.2, 0) is 9.59 Å². The number of benzene rings is 2. The van der Waals surface area contributed by atoms with E-state index in [2.05, 4.69) is 10.6 Å². The average Bonchev–Trinajstić information content (AvgIpc) is 2.77. The zero-order valence-electron chi connectivity index (χ0n) is 17.8. The van der Waals surface area contributed by atoms with E-state index in [4.69, 9.17) is 16.3 Å². The Kier molecular flexibility index (Phi) is 6.50. The third-order valence-electron chi connectivity index (χ3n) is 5.51. The van der Waals surface area contributed by atoms with E-state index in [1.165, 1.54) is 4.90 Å². The van der Waals surface area contributed by atoms with Crippen molar-refractivity contribution in [2.45, 2.75) is 32.3 Å². The van der Waals surface area contributed by atoms with Crippen molar-refractivity contribution in [3.63, 3.8) is 0 Å². The first-order valence-electron chi connectivity index (χ1n) is 10.6. The maximum absolute atomic E-state index is 12.8. The van der Waals surface area contributed by atoms with Crippen LogP contribution < -0.4 is 20.3 Å². The van der Waals surface area contributed by atoms with Gasteiger partial charge in [-0.05, 0) is 62.6 Å². The Balaban J connectivity index is 1.51. The summed E-state index contributed by atoms with van der Waals surface area (Å²) >= 11 is 5.95. The summed E-state index contributed by atoms with van der Waals surface area (Å²) in [4.78, 5) is 41.3. The molecule has 0 aromatic heterocycles. The van der Waals surface area contributed by atoms with Gasteiger partial charge < -0.3 is 20.3 Å². The number of fused-ring (bicyclic) bond motifs is 1. The fourth-order valence-electron chi connectivity index (χ4n) is 3.89. The van der Waals surface area contributed by atoms with Crippen molar-refractivity contribution in [2.24, 2.45) is 0 Å². The molecule has 32 heavy (non-hydrogen) atoms. The van der Waals surface area contributed by atoms with Crippen LogP contribution in [-0.4, -0.2) is 48.5 Å². The normalized spacial score (nSPS) is 17.9. The average molecular weight is 457 g/mol. The zero-order chi connectivity index (χ0) is 22.7. The number of nitrogens with one attached hydrogen (secondary N) is 2. The first-order valence-corrected chi connectivity index (χ1v) is 11.0. The SMILES string of the molecule is CC1Oc2ccc(NC(=O)Nc3cccc(Cl)c3)cc2N(CC(=O)N2CCCCC2)C1=O. The van der Waals surface area contributed by atoms with Crippen LogP contribution in [0.4, 0.5) is 21.9 Å². The monoisotopic (exact) mass is 456 g/mol. The van der Waals surface area contributed by atoms with E-state index in [1.807, 2.05) is 0 Å². The van der Waals surface area contributed by atoms with Crippen LogP contribution in [0.15, 0.2) is 42.5 Å². The Morgan fingerprint density at radius 3 is 2.50 bits per heavy atom. The number of nitrogens with zero attached hydrogens (tertiary/aromatic N) is 2. The fraction of sp³-hybridized carbons (Fsp3) is 0.348. The summed E-state index contributed by atoms with van der Waals surface area (Å²) in [5.41, 5.74) is 1.47. The quantitative estimate of drug-likeness (QED) is 0.724. The first-order chi connectivity index (χ1) is 15.4. The van der Waals surface area contributed by atoms with Crippen LogP contribution in [0.5, 0.6) is 5.75 Å². The fourth-order valence-corrected chi connectivity index (χ4v) is 4.08. The van der Waals surface area contributed by atoms with Crippen molar-refractivity contribution in [2.75, 3.05) is 35.2 Å². The Morgan fingerprint density at radius 2 is 1.78 bits per heavy atom. The Morgan fingerprint density at radius 1 is 1.06 bits per heavy atom. The summed E-state index contributed by atoms with van der Waals surface area (Å²) in [6.45, 7) is 3.03. The number of hydrogen-bond acceptors (Lipinski definition) is 4. The van der Waals surface area contributed by atoms with Gasteiger partial charge in [0.25, 0.3) is 5.91 Å². The molecular formula is C23H25ClN4O4. The van der Waals surface area contributed by atoms with Gasteiger partial charge in [-0.25, -0.2) is 4.79 Å². The van der Waals surface area contributed by atoms with E-state index in [0.717, 1.165) is 19.3 Å². The van der Waals surface area contributed by atoms with Crippen molar-refractivity contribution >= 4 is 46.5 Å². The minimum absolute atomic E-state index is 0.0578. The summed E-state index contributed by atoms with van der Waals surface area (Å²) in [7, 11) is 0. The third kappa shape index (κ3) is 4.96. The second-order valence-corrected chi connectivity index (χ2v) is 8.33. The molecule has 2 aromatic rings. The number of hydrogen-bond donors (Lipinski definition) is 2. The Labute approximate surface area is 191 Å². The van der Waals surface area contributed by atoms with Gasteiger partial charge in [0.1, 0.15) is 12.3 Å². The minimum atomic E-state index is -0.693. The smallest absolute Gasteiger partial charge is 0.323 e. The number of carbonyl (C=O) groups is 3. The maximum Gasteiger partial charge on any atom is 0.323 e. The highest BCUT2D eigenvalue weighted by Crippen LogP contribution is 2.36. The molecule has 1 fully saturated rings. The van der Waals surface area contributed by atoms with E-state index >= 15 is 0 Å². The molecule has 2 aliphatic rings. The molecule has 4 rings (SSSR count). The molecule has 1 saturated heterocycles. The molecular weight excluding hydrogens is 432 g/mol. The van der Waals surface area contributed by atoms with Crippen LogP contribution in [0.1, 0.15) is 26.2 Å². The Bertz CT molecular complexity index is 1040. The summed E-state index contributed by atoms with van der Waals surface area (Å²) in [6, 6.07) is 11.4. The van der Waals surface area contributed by atoms with Gasteiger partial charge in [-0.3, -0.25) is 14.5 Å². The third-order valence-corrected chi connectivity index (χ3v) is 5.74. The van der Waals surface area contributed by atoms with Gasteiger partial charge in [-0.1, -0.05) is 17.7 Å². The molecule has 2 heterocycles. The summed E-state index contributed by atoms with van der Waals surface area (Å²) in [5.74, 6) is 0.114.